The fourth-order valence-corrected chi connectivity index (χ4v) is 1.32. The van der Waals surface area contributed by atoms with Gasteiger partial charge in [-0.05, 0) is 31.0 Å². The highest BCUT2D eigenvalue weighted by atomic mass is 19.1. The van der Waals surface area contributed by atoms with Crippen molar-refractivity contribution in [2.45, 2.75) is 19.9 Å². The molecule has 3 nitrogen and oxygen atoms in total. The molecule has 3 N–H and O–H groups in total. The summed E-state index contributed by atoms with van der Waals surface area (Å²) >= 11 is 0. The van der Waals surface area contributed by atoms with Crippen LogP contribution in [0.25, 0.3) is 0 Å². The van der Waals surface area contributed by atoms with Gasteiger partial charge in [-0.1, -0.05) is 0 Å². The van der Waals surface area contributed by atoms with Crippen LogP contribution in [0.2, 0.25) is 0 Å². The van der Waals surface area contributed by atoms with Gasteiger partial charge in [0.05, 0.1) is 0 Å². The molecule has 1 unspecified atom stereocenters. The van der Waals surface area contributed by atoms with Crippen LogP contribution >= 0.6 is 0 Å². The Hall–Kier alpha value is -1.49. The number of carboxylic acid groups (broad SMARTS) is 1. The molecule has 15 heavy (non-hydrogen) atoms. The predicted octanol–water partition coefficient (Wildman–Crippen LogP) is 1.67. The molecule has 0 saturated heterocycles. The second-order valence-electron chi connectivity index (χ2n) is 3.33. The monoisotopic (exact) mass is 215 g/mol. The van der Waals surface area contributed by atoms with E-state index in [1.807, 2.05) is 0 Å². The van der Waals surface area contributed by atoms with Gasteiger partial charge < -0.3 is 10.8 Å². The Labute approximate surface area is 85.5 Å². The smallest absolute Gasteiger partial charge is 0.325 e. The highest BCUT2D eigenvalue weighted by molar-refractivity contribution is 5.75. The number of halogens is 2. The number of carbonyl (C=O) groups is 1. The molecular weight excluding hydrogens is 204 g/mol. The van der Waals surface area contributed by atoms with Crippen LogP contribution in [-0.4, -0.2) is 11.1 Å². The molecule has 0 spiro atoms. The van der Waals surface area contributed by atoms with Crippen molar-refractivity contribution >= 4 is 5.97 Å². The Morgan fingerprint density at radius 2 is 1.93 bits per heavy atom. The molecule has 82 valence electrons. The second kappa shape index (κ2) is 3.94. The van der Waals surface area contributed by atoms with Gasteiger partial charge in [0.2, 0.25) is 0 Å². The van der Waals surface area contributed by atoms with Gasteiger partial charge in [0, 0.05) is 5.56 Å². The predicted molar refractivity (Wildman–Crippen MR) is 50.4 cm³/mol. The van der Waals surface area contributed by atoms with Crippen LogP contribution < -0.4 is 5.73 Å². The van der Waals surface area contributed by atoms with Crippen LogP contribution in [0.15, 0.2) is 6.07 Å². The zero-order valence-corrected chi connectivity index (χ0v) is 8.34. The molecular formula is C10H11F2NO2. The fraction of sp³-hybridized carbons (Fsp3) is 0.300. The minimum Gasteiger partial charge on any atom is -0.480 e. The van der Waals surface area contributed by atoms with E-state index in [1.54, 1.807) is 0 Å². The van der Waals surface area contributed by atoms with Gasteiger partial charge >= 0.3 is 5.97 Å². The van der Waals surface area contributed by atoms with E-state index in [9.17, 15) is 13.6 Å². The van der Waals surface area contributed by atoms with Crippen LogP contribution in [0.4, 0.5) is 8.78 Å². The van der Waals surface area contributed by atoms with Crippen molar-refractivity contribution in [2.24, 2.45) is 5.73 Å². The van der Waals surface area contributed by atoms with Crippen LogP contribution in [0.1, 0.15) is 22.7 Å². The lowest BCUT2D eigenvalue weighted by molar-refractivity contribution is -0.138. The molecule has 0 aliphatic carbocycles. The average molecular weight is 215 g/mol. The summed E-state index contributed by atoms with van der Waals surface area (Å²) < 4.78 is 26.5. The Morgan fingerprint density at radius 1 is 1.40 bits per heavy atom. The van der Waals surface area contributed by atoms with Crippen LogP contribution in [-0.2, 0) is 4.79 Å². The summed E-state index contributed by atoms with van der Waals surface area (Å²) in [5.74, 6) is -2.85. The quantitative estimate of drug-likeness (QED) is 0.788. The number of hydrogen-bond acceptors (Lipinski definition) is 2. The van der Waals surface area contributed by atoms with Gasteiger partial charge in [0.1, 0.15) is 17.7 Å². The Kier molecular flexibility index (Phi) is 3.04. The molecule has 1 rings (SSSR count). The minimum atomic E-state index is -1.41. The standard InChI is InChI=1S/C10H11F2NO2/c1-4-6(9(13)10(14)15)3-7(11)5(2)8(4)12/h3,9H,13H2,1-2H3,(H,14,15). The molecule has 0 fully saturated rings. The first-order valence-corrected chi connectivity index (χ1v) is 4.29. The zero-order chi connectivity index (χ0) is 11.7. The maximum atomic E-state index is 13.4. The van der Waals surface area contributed by atoms with Crippen LogP contribution in [0.5, 0.6) is 0 Å². The molecule has 0 aromatic heterocycles. The van der Waals surface area contributed by atoms with E-state index in [2.05, 4.69) is 0 Å². The Balaban J connectivity index is 3.38. The van der Waals surface area contributed by atoms with E-state index in [0.29, 0.717) is 0 Å². The van der Waals surface area contributed by atoms with Crippen molar-refractivity contribution in [2.75, 3.05) is 0 Å². The number of nitrogens with two attached hydrogens (primary N) is 1. The fourth-order valence-electron chi connectivity index (χ4n) is 1.32. The van der Waals surface area contributed by atoms with Crippen molar-refractivity contribution < 1.29 is 18.7 Å². The van der Waals surface area contributed by atoms with E-state index in [4.69, 9.17) is 10.8 Å². The first kappa shape index (κ1) is 11.6. The molecule has 0 aliphatic rings. The van der Waals surface area contributed by atoms with Crippen molar-refractivity contribution in [1.29, 1.82) is 0 Å². The van der Waals surface area contributed by atoms with Crippen LogP contribution in [0, 0.1) is 25.5 Å². The second-order valence-corrected chi connectivity index (χ2v) is 3.33. The summed E-state index contributed by atoms with van der Waals surface area (Å²) in [6.45, 7) is 2.66. The lowest BCUT2D eigenvalue weighted by atomic mass is 9.98. The summed E-state index contributed by atoms with van der Waals surface area (Å²) in [4.78, 5) is 10.6. The molecule has 0 bridgehead atoms. The van der Waals surface area contributed by atoms with Gasteiger partial charge in [-0.15, -0.1) is 0 Å². The third-order valence-corrected chi connectivity index (χ3v) is 2.33. The van der Waals surface area contributed by atoms with Crippen LogP contribution in [0.3, 0.4) is 0 Å². The Morgan fingerprint density at radius 3 is 2.40 bits per heavy atom. The average Bonchev–Trinajstić information content (AvgIpc) is 2.19. The van der Waals surface area contributed by atoms with E-state index >= 15 is 0 Å². The maximum absolute atomic E-state index is 13.4. The van der Waals surface area contributed by atoms with Gasteiger partial charge in [0.15, 0.2) is 0 Å². The summed E-state index contributed by atoms with van der Waals surface area (Å²) in [7, 11) is 0. The summed E-state index contributed by atoms with van der Waals surface area (Å²) in [5.41, 5.74) is 5.20. The first-order valence-electron chi connectivity index (χ1n) is 4.29. The lowest BCUT2D eigenvalue weighted by Crippen LogP contribution is -2.22. The molecule has 0 radical (unpaired) electrons. The van der Waals surface area contributed by atoms with E-state index < -0.39 is 23.6 Å². The SMILES string of the molecule is Cc1c(F)cc(C(N)C(=O)O)c(C)c1F. The number of hydrogen-bond donors (Lipinski definition) is 2. The van der Waals surface area contributed by atoms with Gasteiger partial charge in [0.25, 0.3) is 0 Å². The van der Waals surface area contributed by atoms with Crippen molar-refractivity contribution in [3.8, 4) is 0 Å². The minimum absolute atomic E-state index is 0.0388. The number of aliphatic carboxylic acids is 1. The molecule has 5 heteroatoms. The largest absolute Gasteiger partial charge is 0.480 e. The van der Waals surface area contributed by atoms with Crippen molar-refractivity contribution in [1.82, 2.24) is 0 Å². The van der Waals surface area contributed by atoms with Gasteiger partial charge in [-0.3, -0.25) is 4.79 Å². The van der Waals surface area contributed by atoms with Crippen molar-refractivity contribution in [3.63, 3.8) is 0 Å². The third kappa shape index (κ3) is 1.97. The van der Waals surface area contributed by atoms with Crippen molar-refractivity contribution in [3.05, 3.63) is 34.4 Å². The number of carboxylic acids is 1. The Bertz CT molecular complexity index is 418. The van der Waals surface area contributed by atoms with E-state index in [-0.39, 0.29) is 16.7 Å². The molecule has 0 amide bonds. The highest BCUT2D eigenvalue weighted by Crippen LogP contribution is 2.23. The zero-order valence-electron chi connectivity index (χ0n) is 8.34. The molecule has 1 atom stereocenters. The van der Waals surface area contributed by atoms with Gasteiger partial charge in [-0.2, -0.15) is 0 Å². The van der Waals surface area contributed by atoms with Gasteiger partial charge in [-0.25, -0.2) is 8.78 Å². The summed E-state index contributed by atoms with van der Waals surface area (Å²) in [6.07, 6.45) is 0. The molecule has 0 aliphatic heterocycles. The summed E-state index contributed by atoms with van der Waals surface area (Å²) in [6, 6.07) is -0.443. The molecule has 1 aromatic rings. The normalized spacial score (nSPS) is 12.6. The first-order chi connectivity index (χ1) is 6.86. The topological polar surface area (TPSA) is 63.3 Å². The molecule has 0 heterocycles. The maximum Gasteiger partial charge on any atom is 0.325 e. The van der Waals surface area contributed by atoms with E-state index in [1.165, 1.54) is 13.8 Å². The molecule has 0 saturated carbocycles. The summed E-state index contributed by atoms with van der Waals surface area (Å²) in [5, 5.41) is 8.64. The lowest BCUT2D eigenvalue weighted by Gasteiger charge is -2.13. The number of benzene rings is 1. The third-order valence-electron chi connectivity index (χ3n) is 2.33. The van der Waals surface area contributed by atoms with E-state index in [0.717, 1.165) is 6.07 Å². The highest BCUT2D eigenvalue weighted by Gasteiger charge is 2.21. The number of rotatable bonds is 2. The molecule has 1 aromatic carbocycles.